The van der Waals surface area contributed by atoms with Gasteiger partial charge in [-0.25, -0.2) is 14.5 Å². The van der Waals surface area contributed by atoms with Gasteiger partial charge in [-0.15, -0.1) is 0 Å². The van der Waals surface area contributed by atoms with E-state index in [9.17, 15) is 14.2 Å². The molecule has 1 aromatic rings. The van der Waals surface area contributed by atoms with Crippen molar-refractivity contribution >= 4 is 36.9 Å². The van der Waals surface area contributed by atoms with Crippen LogP contribution in [0.3, 0.4) is 0 Å². The minimum Gasteiger partial charge on any atom is -0.383 e. The second-order valence-corrected chi connectivity index (χ2v) is 8.56. The molecular formula is C16H25N4O6PS. The van der Waals surface area contributed by atoms with Crippen molar-refractivity contribution in [3.8, 4) is 0 Å². The van der Waals surface area contributed by atoms with E-state index in [-0.39, 0.29) is 36.4 Å². The van der Waals surface area contributed by atoms with Crippen LogP contribution in [0.4, 0.5) is 5.82 Å². The van der Waals surface area contributed by atoms with Crippen molar-refractivity contribution in [3.63, 3.8) is 0 Å². The third-order valence-corrected chi connectivity index (χ3v) is 5.54. The van der Waals surface area contributed by atoms with Gasteiger partial charge in [0.25, 0.3) is 0 Å². The van der Waals surface area contributed by atoms with Gasteiger partial charge in [-0.3, -0.25) is 14.1 Å². The lowest BCUT2D eigenvalue weighted by Crippen LogP contribution is -2.22. The van der Waals surface area contributed by atoms with Crippen molar-refractivity contribution in [3.05, 3.63) is 28.2 Å². The SMILES string of the molecule is CC(=C(CCOP(=O)(O)O)SC(=O)C(C)C)N(C=O)Cc1cnc(C)nc1N. The van der Waals surface area contributed by atoms with Crippen molar-refractivity contribution < 1.29 is 28.5 Å². The number of nitrogens with zero attached hydrogens (tertiary/aromatic N) is 3. The largest absolute Gasteiger partial charge is 0.469 e. The average Bonchev–Trinajstić information content (AvgIpc) is 2.58. The average molecular weight is 432 g/mol. The molecule has 0 fully saturated rings. The summed E-state index contributed by atoms with van der Waals surface area (Å²) in [5.41, 5.74) is 6.85. The Bertz CT molecular complexity index is 795. The summed E-state index contributed by atoms with van der Waals surface area (Å²) in [6.07, 6.45) is 2.15. The number of amides is 1. The van der Waals surface area contributed by atoms with Crippen molar-refractivity contribution in [2.24, 2.45) is 5.92 Å². The van der Waals surface area contributed by atoms with Crippen LogP contribution in [0.2, 0.25) is 0 Å². The van der Waals surface area contributed by atoms with Crippen LogP contribution in [-0.2, 0) is 25.2 Å². The van der Waals surface area contributed by atoms with Gasteiger partial charge in [0, 0.05) is 34.7 Å². The molecule has 28 heavy (non-hydrogen) atoms. The fourth-order valence-electron chi connectivity index (χ4n) is 2.02. The number of nitrogen functional groups attached to an aromatic ring is 1. The van der Waals surface area contributed by atoms with Crippen LogP contribution in [0.5, 0.6) is 0 Å². The van der Waals surface area contributed by atoms with E-state index in [1.807, 2.05) is 0 Å². The number of carbonyl (C=O) groups excluding carboxylic acids is 2. The normalized spacial score (nSPS) is 12.7. The molecule has 0 saturated heterocycles. The molecule has 1 rings (SSSR count). The zero-order valence-corrected chi connectivity index (χ0v) is 17.9. The molecule has 0 atom stereocenters. The Morgan fingerprint density at radius 2 is 2.11 bits per heavy atom. The molecule has 0 aliphatic carbocycles. The number of carbonyl (C=O) groups is 2. The summed E-state index contributed by atoms with van der Waals surface area (Å²) < 4.78 is 15.4. The Hall–Kier alpha value is -1.78. The van der Waals surface area contributed by atoms with E-state index in [4.69, 9.17) is 15.5 Å². The molecule has 0 unspecified atom stereocenters. The second-order valence-electron chi connectivity index (χ2n) is 6.22. The molecule has 0 bridgehead atoms. The molecule has 0 aliphatic rings. The smallest absolute Gasteiger partial charge is 0.383 e. The van der Waals surface area contributed by atoms with E-state index in [1.165, 1.54) is 11.1 Å². The van der Waals surface area contributed by atoms with Gasteiger partial charge in [0.1, 0.15) is 11.6 Å². The van der Waals surface area contributed by atoms with Crippen molar-refractivity contribution in [1.82, 2.24) is 14.9 Å². The Kier molecular flexibility index (Phi) is 9.25. The number of aryl methyl sites for hydroxylation is 1. The van der Waals surface area contributed by atoms with E-state index in [0.29, 0.717) is 28.4 Å². The van der Waals surface area contributed by atoms with Gasteiger partial charge in [0.15, 0.2) is 5.12 Å². The predicted octanol–water partition coefficient (Wildman–Crippen LogP) is 1.97. The van der Waals surface area contributed by atoms with E-state index < -0.39 is 7.82 Å². The topological polar surface area (TPSA) is 156 Å². The second kappa shape index (κ2) is 10.7. The molecule has 10 nitrogen and oxygen atoms in total. The molecule has 0 saturated carbocycles. The third-order valence-electron chi connectivity index (χ3n) is 3.60. The van der Waals surface area contributed by atoms with Crippen LogP contribution in [0.15, 0.2) is 16.8 Å². The molecule has 156 valence electrons. The van der Waals surface area contributed by atoms with Gasteiger partial charge in [0.05, 0.1) is 13.2 Å². The molecule has 12 heteroatoms. The van der Waals surface area contributed by atoms with Gasteiger partial charge < -0.3 is 20.4 Å². The van der Waals surface area contributed by atoms with Crippen molar-refractivity contribution in [2.75, 3.05) is 12.3 Å². The summed E-state index contributed by atoms with van der Waals surface area (Å²) in [7, 11) is -4.64. The Labute approximate surface area is 167 Å². The number of phosphoric ester groups is 1. The van der Waals surface area contributed by atoms with Crippen LogP contribution in [-0.4, -0.2) is 42.8 Å². The third kappa shape index (κ3) is 8.07. The standard InChI is InChI=1S/C16H25N4O6PS/c1-10(2)16(22)28-14(5-6-26-27(23,24)25)11(3)20(9-21)8-13-7-18-12(4)19-15(13)17/h7,9-10H,5-6,8H2,1-4H3,(H2,17,18,19)(H2,23,24,25). The Morgan fingerprint density at radius 1 is 1.46 bits per heavy atom. The molecule has 0 radical (unpaired) electrons. The van der Waals surface area contributed by atoms with Gasteiger partial charge in [-0.05, 0) is 13.8 Å². The number of anilines is 1. The fraction of sp³-hybridized carbons (Fsp3) is 0.500. The first-order valence-electron chi connectivity index (χ1n) is 8.36. The summed E-state index contributed by atoms with van der Waals surface area (Å²) in [5.74, 6) is 0.477. The van der Waals surface area contributed by atoms with E-state index >= 15 is 0 Å². The first kappa shape index (κ1) is 24.3. The maximum absolute atomic E-state index is 12.2. The zero-order chi connectivity index (χ0) is 21.5. The maximum Gasteiger partial charge on any atom is 0.469 e. The van der Waals surface area contributed by atoms with Crippen LogP contribution >= 0.6 is 19.6 Å². The highest BCUT2D eigenvalue weighted by Gasteiger charge is 2.20. The van der Waals surface area contributed by atoms with Gasteiger partial charge in [-0.1, -0.05) is 25.6 Å². The van der Waals surface area contributed by atoms with Gasteiger partial charge >= 0.3 is 7.82 Å². The maximum atomic E-state index is 12.2. The summed E-state index contributed by atoms with van der Waals surface area (Å²) in [5, 5.41) is -0.144. The van der Waals surface area contributed by atoms with E-state index in [2.05, 4.69) is 14.5 Å². The van der Waals surface area contributed by atoms with Crippen molar-refractivity contribution in [2.45, 2.75) is 40.7 Å². The number of hydrogen-bond donors (Lipinski definition) is 3. The number of nitrogens with two attached hydrogens (primary N) is 1. The summed E-state index contributed by atoms with van der Waals surface area (Å²) >= 11 is 0.917. The lowest BCUT2D eigenvalue weighted by molar-refractivity contribution is -0.117. The summed E-state index contributed by atoms with van der Waals surface area (Å²) in [6, 6.07) is 0. The summed E-state index contributed by atoms with van der Waals surface area (Å²) in [4.78, 5) is 51.4. The highest BCUT2D eigenvalue weighted by molar-refractivity contribution is 8.17. The number of thioether (sulfide) groups is 1. The fourth-order valence-corrected chi connectivity index (χ4v) is 3.27. The van der Waals surface area contributed by atoms with E-state index in [1.54, 1.807) is 27.7 Å². The molecule has 0 aromatic carbocycles. The van der Waals surface area contributed by atoms with Crippen LogP contribution in [0.25, 0.3) is 0 Å². The molecular weight excluding hydrogens is 407 g/mol. The molecule has 0 spiro atoms. The zero-order valence-electron chi connectivity index (χ0n) is 16.2. The predicted molar refractivity (Wildman–Crippen MR) is 106 cm³/mol. The lowest BCUT2D eigenvalue weighted by atomic mass is 10.2. The van der Waals surface area contributed by atoms with Gasteiger partial charge in [0.2, 0.25) is 6.41 Å². The number of aromatic nitrogens is 2. The first-order chi connectivity index (χ1) is 12.9. The quantitative estimate of drug-likeness (QED) is 0.369. The molecule has 0 aliphatic heterocycles. The minimum absolute atomic E-state index is 0.0459. The summed E-state index contributed by atoms with van der Waals surface area (Å²) in [6.45, 7) is 6.56. The molecule has 4 N–H and O–H groups in total. The van der Waals surface area contributed by atoms with Crippen LogP contribution in [0.1, 0.15) is 38.6 Å². The molecule has 1 amide bonds. The Morgan fingerprint density at radius 3 is 2.61 bits per heavy atom. The Balaban J connectivity index is 3.11. The minimum atomic E-state index is -4.64. The molecule has 1 heterocycles. The van der Waals surface area contributed by atoms with Crippen molar-refractivity contribution in [1.29, 1.82) is 0 Å². The number of rotatable bonds is 10. The highest BCUT2D eigenvalue weighted by Crippen LogP contribution is 2.37. The van der Waals surface area contributed by atoms with E-state index in [0.717, 1.165) is 11.8 Å². The number of allylic oxidation sites excluding steroid dienone is 1. The first-order valence-corrected chi connectivity index (χ1v) is 10.7. The monoisotopic (exact) mass is 432 g/mol. The highest BCUT2D eigenvalue weighted by atomic mass is 32.2. The van der Waals surface area contributed by atoms with Gasteiger partial charge in [-0.2, -0.15) is 0 Å². The lowest BCUT2D eigenvalue weighted by Gasteiger charge is -2.22. The number of hydrogen-bond acceptors (Lipinski definition) is 8. The molecule has 1 aromatic heterocycles. The number of phosphoric acid groups is 1. The van der Waals surface area contributed by atoms with Crippen LogP contribution < -0.4 is 5.73 Å². The van der Waals surface area contributed by atoms with Crippen LogP contribution in [0, 0.1) is 12.8 Å².